The van der Waals surface area contributed by atoms with Crippen molar-refractivity contribution in [1.82, 2.24) is 0 Å². The first-order chi connectivity index (χ1) is 13.1. The van der Waals surface area contributed by atoms with Gasteiger partial charge in [0.25, 0.3) is 0 Å². The minimum absolute atomic E-state index is 0.00725. The number of benzene rings is 1. The molecule has 0 saturated carbocycles. The summed E-state index contributed by atoms with van der Waals surface area (Å²) in [6, 6.07) is 9.46. The average Bonchev–Trinajstić information content (AvgIpc) is 2.65. The number of aliphatic hydroxyl groups is 1. The van der Waals surface area contributed by atoms with Crippen LogP contribution in [0.4, 0.5) is 0 Å². The van der Waals surface area contributed by atoms with E-state index in [1.165, 1.54) is 13.6 Å². The molecule has 0 amide bonds. The Labute approximate surface area is 166 Å². The fourth-order valence-electron chi connectivity index (χ4n) is 3.38. The molecule has 4 unspecified atom stereocenters. The number of esters is 1. The van der Waals surface area contributed by atoms with Gasteiger partial charge in [0.05, 0.1) is 19.3 Å². The lowest BCUT2D eigenvalue weighted by Gasteiger charge is -2.44. The van der Waals surface area contributed by atoms with Gasteiger partial charge < -0.3 is 23.6 Å². The van der Waals surface area contributed by atoms with E-state index >= 15 is 0 Å². The summed E-state index contributed by atoms with van der Waals surface area (Å²) in [5.74, 6) is -0.682. The van der Waals surface area contributed by atoms with Crippen LogP contribution in [0.3, 0.4) is 0 Å². The van der Waals surface area contributed by atoms with E-state index in [4.69, 9.17) is 18.5 Å². The molecule has 7 nitrogen and oxygen atoms in total. The average molecular weight is 414 g/mol. The van der Waals surface area contributed by atoms with Crippen molar-refractivity contribution in [3.63, 3.8) is 0 Å². The third-order valence-electron chi connectivity index (χ3n) is 5.19. The molecule has 1 saturated heterocycles. The van der Waals surface area contributed by atoms with E-state index in [2.05, 4.69) is 0 Å². The molecule has 0 aromatic heterocycles. The van der Waals surface area contributed by atoms with Gasteiger partial charge in [-0.25, -0.2) is 0 Å². The van der Waals surface area contributed by atoms with Crippen LogP contribution in [0, 0.1) is 17.8 Å². The van der Waals surface area contributed by atoms with Crippen LogP contribution in [0.5, 0.6) is 0 Å². The monoisotopic (exact) mass is 414 g/mol. The second kappa shape index (κ2) is 9.99. The highest BCUT2D eigenvalue weighted by Crippen LogP contribution is 2.46. The summed E-state index contributed by atoms with van der Waals surface area (Å²) in [5, 5.41) is 10.2. The number of hydrogen-bond acceptors (Lipinski definition) is 7. The van der Waals surface area contributed by atoms with Crippen molar-refractivity contribution in [2.45, 2.75) is 52.8 Å². The second-order valence-corrected chi connectivity index (χ2v) is 9.65. The SMILES string of the molecule is CC(=O)OC1C(O)OC([C@H](C)COP(C)(=O)OCc2ccccc2)[C@@H](C)[C@@H]1C. The maximum atomic E-state index is 12.6. The molecule has 8 heteroatoms. The molecular formula is C20H31O7P. The molecule has 7 atom stereocenters. The summed E-state index contributed by atoms with van der Waals surface area (Å²) >= 11 is 0. The Balaban J connectivity index is 1.88. The summed E-state index contributed by atoms with van der Waals surface area (Å²) in [7, 11) is -3.23. The van der Waals surface area contributed by atoms with Gasteiger partial charge in [-0.2, -0.15) is 0 Å². The Morgan fingerprint density at radius 1 is 1.21 bits per heavy atom. The van der Waals surface area contributed by atoms with E-state index in [1.807, 2.05) is 51.1 Å². The highest BCUT2D eigenvalue weighted by Gasteiger charge is 2.44. The maximum absolute atomic E-state index is 12.6. The maximum Gasteiger partial charge on any atom is 0.327 e. The first-order valence-corrected chi connectivity index (χ1v) is 11.5. The molecule has 1 aromatic rings. The topological polar surface area (TPSA) is 91.3 Å². The van der Waals surface area contributed by atoms with Crippen molar-refractivity contribution in [2.24, 2.45) is 17.8 Å². The van der Waals surface area contributed by atoms with Gasteiger partial charge in [-0.3, -0.25) is 9.36 Å². The minimum Gasteiger partial charge on any atom is -0.457 e. The molecule has 0 radical (unpaired) electrons. The summed E-state index contributed by atoms with van der Waals surface area (Å²) in [5.41, 5.74) is 0.916. The largest absolute Gasteiger partial charge is 0.457 e. The van der Waals surface area contributed by atoms with E-state index < -0.39 is 26.0 Å². The van der Waals surface area contributed by atoms with Gasteiger partial charge in [0, 0.05) is 25.4 Å². The number of carbonyl (C=O) groups excluding carboxylic acids is 1. The first kappa shape index (κ1) is 23.0. The zero-order chi connectivity index (χ0) is 20.9. The van der Waals surface area contributed by atoms with Crippen LogP contribution < -0.4 is 0 Å². The molecule has 158 valence electrons. The quantitative estimate of drug-likeness (QED) is 0.513. The molecule has 1 aliphatic rings. The predicted octanol–water partition coefficient (Wildman–Crippen LogP) is 3.60. The summed E-state index contributed by atoms with van der Waals surface area (Å²) in [6.45, 7) is 8.92. The molecule has 1 N–H and O–H groups in total. The Hall–Kier alpha value is -1.24. The predicted molar refractivity (Wildman–Crippen MR) is 105 cm³/mol. The molecule has 1 aromatic carbocycles. The number of rotatable bonds is 8. The zero-order valence-corrected chi connectivity index (χ0v) is 18.0. The van der Waals surface area contributed by atoms with Crippen LogP contribution in [-0.2, 0) is 34.5 Å². The number of hydrogen-bond donors (Lipinski definition) is 1. The molecule has 0 aliphatic carbocycles. The molecule has 28 heavy (non-hydrogen) atoms. The van der Waals surface area contributed by atoms with Gasteiger partial charge in [-0.1, -0.05) is 51.1 Å². The summed E-state index contributed by atoms with van der Waals surface area (Å²) in [4.78, 5) is 11.2. The van der Waals surface area contributed by atoms with Gasteiger partial charge in [-0.15, -0.1) is 0 Å². The van der Waals surface area contributed by atoms with Crippen molar-refractivity contribution in [3.8, 4) is 0 Å². The van der Waals surface area contributed by atoms with E-state index in [1.54, 1.807) is 0 Å². The fourth-order valence-corrected chi connectivity index (χ4v) is 4.35. The molecule has 0 spiro atoms. The van der Waals surface area contributed by atoms with E-state index in [-0.39, 0.29) is 37.1 Å². The van der Waals surface area contributed by atoms with E-state index in [0.717, 1.165) is 5.56 Å². The zero-order valence-electron chi connectivity index (χ0n) is 17.1. The lowest BCUT2D eigenvalue weighted by atomic mass is 9.79. The van der Waals surface area contributed by atoms with Gasteiger partial charge in [0.2, 0.25) is 0 Å². The lowest BCUT2D eigenvalue weighted by Crippen LogP contribution is -2.53. The Kier molecular flexibility index (Phi) is 8.22. The number of carbonyl (C=O) groups is 1. The van der Waals surface area contributed by atoms with Crippen LogP contribution in [0.25, 0.3) is 0 Å². The molecule has 2 rings (SSSR count). The molecule has 1 aliphatic heterocycles. The Morgan fingerprint density at radius 3 is 2.46 bits per heavy atom. The number of aliphatic hydroxyl groups excluding tert-OH is 1. The highest BCUT2D eigenvalue weighted by molar-refractivity contribution is 7.52. The van der Waals surface area contributed by atoms with Gasteiger partial charge in [0.15, 0.2) is 12.4 Å². The van der Waals surface area contributed by atoms with E-state index in [9.17, 15) is 14.5 Å². The Morgan fingerprint density at radius 2 is 1.86 bits per heavy atom. The van der Waals surface area contributed by atoms with Crippen molar-refractivity contribution < 1.29 is 33.0 Å². The fraction of sp³-hybridized carbons (Fsp3) is 0.650. The van der Waals surface area contributed by atoms with Crippen molar-refractivity contribution in [3.05, 3.63) is 35.9 Å². The highest BCUT2D eigenvalue weighted by atomic mass is 31.2. The van der Waals surface area contributed by atoms with Crippen LogP contribution in [-0.4, -0.2) is 42.8 Å². The van der Waals surface area contributed by atoms with Crippen LogP contribution >= 0.6 is 7.60 Å². The Bertz CT molecular complexity index is 680. The van der Waals surface area contributed by atoms with Gasteiger partial charge >= 0.3 is 13.6 Å². The minimum atomic E-state index is -3.23. The molecule has 0 bridgehead atoms. The first-order valence-electron chi connectivity index (χ1n) is 9.52. The van der Waals surface area contributed by atoms with Crippen LogP contribution in [0.2, 0.25) is 0 Å². The third-order valence-corrected chi connectivity index (χ3v) is 6.40. The van der Waals surface area contributed by atoms with Crippen molar-refractivity contribution in [2.75, 3.05) is 13.3 Å². The second-order valence-electron chi connectivity index (χ2n) is 7.59. The molecular weight excluding hydrogens is 383 g/mol. The van der Waals surface area contributed by atoms with Gasteiger partial charge in [0.1, 0.15) is 0 Å². The standard InChI is InChI=1S/C20H31O7P/c1-13(11-24-28(5,23)25-12-17-9-7-6-8-10-17)18-14(2)15(3)19(20(22)27-18)26-16(4)21/h6-10,13-15,18-20,22H,11-12H2,1-5H3/t13-,14+,15+,18?,19?,20?,28?/m1/s1. The van der Waals surface area contributed by atoms with Crippen LogP contribution in [0.1, 0.15) is 33.3 Å². The van der Waals surface area contributed by atoms with Gasteiger partial charge in [-0.05, 0) is 11.5 Å². The van der Waals surface area contributed by atoms with Crippen molar-refractivity contribution >= 4 is 13.6 Å². The summed E-state index contributed by atoms with van der Waals surface area (Å²) < 4.78 is 34.5. The normalized spacial score (nSPS) is 31.0. The van der Waals surface area contributed by atoms with E-state index in [0.29, 0.717) is 0 Å². The smallest absolute Gasteiger partial charge is 0.327 e. The lowest BCUT2D eigenvalue weighted by molar-refractivity contribution is -0.266. The van der Waals surface area contributed by atoms with Crippen molar-refractivity contribution in [1.29, 1.82) is 0 Å². The van der Waals surface area contributed by atoms with Crippen LogP contribution in [0.15, 0.2) is 30.3 Å². The third kappa shape index (κ3) is 6.39. The molecule has 1 heterocycles. The number of ether oxygens (including phenoxy) is 2. The molecule has 1 fully saturated rings. The summed E-state index contributed by atoms with van der Waals surface area (Å²) in [6.07, 6.45) is -2.24.